The average molecular weight is 278 g/mol. The van der Waals surface area contributed by atoms with Gasteiger partial charge in [0, 0.05) is 6.04 Å². The van der Waals surface area contributed by atoms with Crippen molar-refractivity contribution >= 4 is 0 Å². The lowest BCUT2D eigenvalue weighted by Gasteiger charge is -2.21. The normalized spacial score (nSPS) is 25.7. The molecule has 3 heteroatoms. The Morgan fingerprint density at radius 3 is 2.29 bits per heavy atom. The molecule has 0 radical (unpaired) electrons. The molecule has 0 aliphatic carbocycles. The molecule has 0 spiro atoms. The summed E-state index contributed by atoms with van der Waals surface area (Å²) in [5.74, 6) is 0. The molecule has 3 rings (SSSR count). The van der Waals surface area contributed by atoms with Crippen molar-refractivity contribution in [3.05, 3.63) is 71.3 Å². The molecule has 106 valence electrons. The van der Waals surface area contributed by atoms with E-state index in [2.05, 4.69) is 37.1 Å². The number of nitrogens with zero attached hydrogens (tertiary/aromatic N) is 2. The summed E-state index contributed by atoms with van der Waals surface area (Å²) < 4.78 is 6.27. The van der Waals surface area contributed by atoms with Crippen molar-refractivity contribution in [2.75, 3.05) is 7.05 Å². The number of likely N-dealkylation sites (N-methyl/N-ethyl adjacent to an activating group) is 1. The minimum Gasteiger partial charge on any atom is -0.349 e. The van der Waals surface area contributed by atoms with Crippen LogP contribution in [0.2, 0.25) is 0 Å². The van der Waals surface area contributed by atoms with Gasteiger partial charge in [0.05, 0.1) is 11.6 Å². The van der Waals surface area contributed by atoms with Gasteiger partial charge in [-0.25, -0.2) is 0 Å². The first-order valence-corrected chi connectivity index (χ1v) is 7.13. The number of nitriles is 1. The predicted octanol–water partition coefficient (Wildman–Crippen LogP) is 3.65. The lowest BCUT2D eigenvalue weighted by molar-refractivity contribution is 0.00560. The van der Waals surface area contributed by atoms with Gasteiger partial charge < -0.3 is 4.74 Å². The predicted molar refractivity (Wildman–Crippen MR) is 81.4 cm³/mol. The maximum atomic E-state index is 8.89. The second kappa shape index (κ2) is 5.69. The zero-order chi connectivity index (χ0) is 14.8. The Bertz CT molecular complexity index is 645. The zero-order valence-corrected chi connectivity index (χ0v) is 12.2. The van der Waals surface area contributed by atoms with Crippen molar-refractivity contribution in [3.8, 4) is 6.07 Å². The Morgan fingerprint density at radius 1 is 1.00 bits per heavy atom. The molecule has 2 aromatic carbocycles. The second-order valence-electron chi connectivity index (χ2n) is 5.46. The van der Waals surface area contributed by atoms with Crippen LogP contribution in [-0.4, -0.2) is 18.0 Å². The minimum absolute atomic E-state index is 0.0665. The van der Waals surface area contributed by atoms with Crippen molar-refractivity contribution in [2.45, 2.75) is 25.3 Å². The van der Waals surface area contributed by atoms with Crippen LogP contribution >= 0.6 is 0 Å². The molecule has 3 nitrogen and oxygen atoms in total. The van der Waals surface area contributed by atoms with E-state index < -0.39 is 0 Å². The van der Waals surface area contributed by atoms with Gasteiger partial charge >= 0.3 is 0 Å². The summed E-state index contributed by atoms with van der Waals surface area (Å²) in [7, 11) is 2.08. The summed E-state index contributed by atoms with van der Waals surface area (Å²) in [6.45, 7) is 2.18. The minimum atomic E-state index is -0.0713. The molecular formula is C18H18N2O. The van der Waals surface area contributed by atoms with Crippen LogP contribution in [0.4, 0.5) is 0 Å². The number of benzene rings is 2. The summed E-state index contributed by atoms with van der Waals surface area (Å²) in [6, 6.07) is 20.4. The van der Waals surface area contributed by atoms with Gasteiger partial charge in [0.1, 0.15) is 12.3 Å². The highest BCUT2D eigenvalue weighted by Gasteiger charge is 2.38. The van der Waals surface area contributed by atoms with Crippen molar-refractivity contribution in [1.82, 2.24) is 4.90 Å². The van der Waals surface area contributed by atoms with E-state index in [9.17, 15) is 0 Å². The first-order valence-electron chi connectivity index (χ1n) is 7.13. The maximum absolute atomic E-state index is 8.89. The van der Waals surface area contributed by atoms with E-state index in [-0.39, 0.29) is 12.3 Å². The van der Waals surface area contributed by atoms with Crippen LogP contribution in [0.15, 0.2) is 54.6 Å². The molecule has 0 bridgehead atoms. The van der Waals surface area contributed by atoms with Crippen LogP contribution < -0.4 is 0 Å². The third-order valence-corrected chi connectivity index (χ3v) is 4.18. The second-order valence-corrected chi connectivity index (χ2v) is 5.46. The fourth-order valence-electron chi connectivity index (χ4n) is 2.81. The molecule has 0 N–H and O–H groups in total. The van der Waals surface area contributed by atoms with Crippen molar-refractivity contribution < 1.29 is 4.74 Å². The average Bonchev–Trinajstić information content (AvgIpc) is 2.84. The summed E-state index contributed by atoms with van der Waals surface area (Å²) >= 11 is 0. The summed E-state index contributed by atoms with van der Waals surface area (Å²) in [5, 5.41) is 8.89. The Labute approximate surface area is 125 Å². The van der Waals surface area contributed by atoms with E-state index in [4.69, 9.17) is 10.00 Å². The van der Waals surface area contributed by atoms with E-state index in [1.54, 1.807) is 0 Å². The third-order valence-electron chi connectivity index (χ3n) is 4.18. The highest BCUT2D eigenvalue weighted by Crippen LogP contribution is 2.40. The Hall–Kier alpha value is -2.15. The van der Waals surface area contributed by atoms with Gasteiger partial charge in [-0.2, -0.15) is 5.26 Å². The van der Waals surface area contributed by atoms with Gasteiger partial charge in [-0.05, 0) is 37.2 Å². The zero-order valence-electron chi connectivity index (χ0n) is 12.2. The molecule has 1 fully saturated rings. The van der Waals surface area contributed by atoms with Gasteiger partial charge in [-0.3, -0.25) is 4.90 Å². The van der Waals surface area contributed by atoms with Crippen molar-refractivity contribution in [2.24, 2.45) is 0 Å². The van der Waals surface area contributed by atoms with Gasteiger partial charge in [0.25, 0.3) is 0 Å². The van der Waals surface area contributed by atoms with Crippen LogP contribution in [0.25, 0.3) is 0 Å². The third kappa shape index (κ3) is 2.56. The number of ether oxygens (including phenoxy) is 1. The SMILES string of the molecule is C[C@@H]1[C@H](c2ccccc2)O[C@H](c2ccc(C#N)cc2)N1C. The van der Waals surface area contributed by atoms with Crippen LogP contribution in [0.5, 0.6) is 0 Å². The molecule has 21 heavy (non-hydrogen) atoms. The highest BCUT2D eigenvalue weighted by atomic mass is 16.5. The largest absolute Gasteiger partial charge is 0.349 e. The van der Waals surface area contributed by atoms with E-state index in [1.807, 2.05) is 42.5 Å². The van der Waals surface area contributed by atoms with Crippen molar-refractivity contribution in [3.63, 3.8) is 0 Å². The van der Waals surface area contributed by atoms with E-state index in [1.165, 1.54) is 5.56 Å². The number of hydrogen-bond donors (Lipinski definition) is 0. The van der Waals surface area contributed by atoms with Crippen LogP contribution in [0.3, 0.4) is 0 Å². The number of rotatable bonds is 2. The van der Waals surface area contributed by atoms with E-state index in [0.717, 1.165) is 5.56 Å². The fourth-order valence-corrected chi connectivity index (χ4v) is 2.81. The summed E-state index contributed by atoms with van der Waals surface area (Å²) in [4.78, 5) is 2.24. The molecule has 1 aliphatic rings. The maximum Gasteiger partial charge on any atom is 0.137 e. The molecule has 0 amide bonds. The summed E-state index contributed by atoms with van der Waals surface area (Å²) in [6.07, 6.45) is -0.00482. The lowest BCUT2D eigenvalue weighted by Crippen LogP contribution is -2.27. The molecule has 3 atom stereocenters. The van der Waals surface area contributed by atoms with Gasteiger partial charge in [-0.1, -0.05) is 42.5 Å². The first kappa shape index (κ1) is 13.8. The topological polar surface area (TPSA) is 36.3 Å². The van der Waals surface area contributed by atoms with Gasteiger partial charge in [0.15, 0.2) is 0 Å². The Kier molecular flexibility index (Phi) is 3.74. The highest BCUT2D eigenvalue weighted by molar-refractivity contribution is 5.33. The molecule has 0 unspecified atom stereocenters. The van der Waals surface area contributed by atoms with Gasteiger partial charge in [0.2, 0.25) is 0 Å². The Balaban J connectivity index is 1.86. The van der Waals surface area contributed by atoms with Crippen molar-refractivity contribution in [1.29, 1.82) is 5.26 Å². The van der Waals surface area contributed by atoms with Crippen LogP contribution in [0.1, 0.15) is 35.9 Å². The van der Waals surface area contributed by atoms with E-state index >= 15 is 0 Å². The molecule has 0 saturated carbocycles. The molecular weight excluding hydrogens is 260 g/mol. The molecule has 0 aromatic heterocycles. The fraction of sp³-hybridized carbons (Fsp3) is 0.278. The van der Waals surface area contributed by atoms with Crippen LogP contribution in [-0.2, 0) is 4.74 Å². The lowest BCUT2D eigenvalue weighted by atomic mass is 10.0. The molecule has 1 saturated heterocycles. The molecule has 2 aromatic rings. The monoisotopic (exact) mass is 278 g/mol. The quantitative estimate of drug-likeness (QED) is 0.841. The van der Waals surface area contributed by atoms with E-state index in [0.29, 0.717) is 11.6 Å². The number of hydrogen-bond acceptors (Lipinski definition) is 3. The summed E-state index contributed by atoms with van der Waals surface area (Å²) in [5.41, 5.74) is 2.96. The first-order chi connectivity index (χ1) is 10.2. The van der Waals surface area contributed by atoms with Crippen LogP contribution in [0, 0.1) is 11.3 Å². The molecule has 1 aliphatic heterocycles. The smallest absolute Gasteiger partial charge is 0.137 e. The van der Waals surface area contributed by atoms with Gasteiger partial charge in [-0.15, -0.1) is 0 Å². The Morgan fingerprint density at radius 2 is 1.67 bits per heavy atom. The molecule has 1 heterocycles. The standard InChI is InChI=1S/C18H18N2O/c1-13-17(15-6-4-3-5-7-15)21-18(20(13)2)16-10-8-14(12-19)9-11-16/h3-11,13,17-18H,1-2H3/t13-,17-,18-/m1/s1.